The van der Waals surface area contributed by atoms with Crippen LogP contribution in [0.4, 0.5) is 0 Å². The molecule has 2 aromatic heterocycles. The van der Waals surface area contributed by atoms with Crippen molar-refractivity contribution in [3.05, 3.63) is 34.9 Å². The Labute approximate surface area is 131 Å². The molecule has 0 amide bonds. The summed E-state index contributed by atoms with van der Waals surface area (Å²) in [5, 5.41) is 1.20. The average molecular weight is 316 g/mol. The number of rotatable bonds is 5. The first-order chi connectivity index (χ1) is 11.0. The molecule has 0 saturated heterocycles. The Balaban J connectivity index is 2.23. The predicted octanol–water partition coefficient (Wildman–Crippen LogP) is 3.15. The lowest BCUT2D eigenvalue weighted by Gasteiger charge is -2.12. The lowest BCUT2D eigenvalue weighted by atomic mass is 10.1. The minimum atomic E-state index is -0.508. The van der Waals surface area contributed by atoms with Crippen molar-refractivity contribution in [3.8, 4) is 11.5 Å². The van der Waals surface area contributed by atoms with Gasteiger partial charge in [0.1, 0.15) is 12.4 Å². The number of hydrogen-bond donors (Lipinski definition) is 0. The van der Waals surface area contributed by atoms with Gasteiger partial charge in [0.05, 0.1) is 24.1 Å². The van der Waals surface area contributed by atoms with Crippen LogP contribution in [0.1, 0.15) is 13.8 Å². The normalized spacial score (nSPS) is 11.3. The maximum absolute atomic E-state index is 11.9. The molecule has 0 fully saturated rings. The van der Waals surface area contributed by atoms with Crippen molar-refractivity contribution in [1.82, 2.24) is 0 Å². The third-order valence-electron chi connectivity index (χ3n) is 3.61. The Morgan fingerprint density at radius 2 is 1.87 bits per heavy atom. The maximum atomic E-state index is 11.9. The van der Waals surface area contributed by atoms with Gasteiger partial charge in [-0.15, -0.1) is 0 Å². The molecule has 3 rings (SSSR count). The molecule has 0 spiro atoms. The third-order valence-corrected chi connectivity index (χ3v) is 3.61. The van der Waals surface area contributed by atoms with Crippen LogP contribution in [0, 0.1) is 5.92 Å². The summed E-state index contributed by atoms with van der Waals surface area (Å²) in [7, 11) is 1.46. The van der Waals surface area contributed by atoms with Crippen LogP contribution < -0.4 is 15.1 Å². The second kappa shape index (κ2) is 5.79. The molecule has 2 heterocycles. The topological polar surface area (TPSA) is 78.9 Å². The monoisotopic (exact) mass is 316 g/mol. The Kier molecular flexibility index (Phi) is 3.82. The maximum Gasteiger partial charge on any atom is 0.336 e. The average Bonchev–Trinajstić information content (AvgIpc) is 3.00. The molecule has 0 N–H and O–H groups in total. The van der Waals surface area contributed by atoms with Gasteiger partial charge in [-0.1, -0.05) is 13.8 Å². The molecule has 120 valence electrons. The van der Waals surface area contributed by atoms with Crippen LogP contribution in [-0.4, -0.2) is 19.5 Å². The minimum Gasteiger partial charge on any atom is -0.490 e. The standard InChI is InChI=1S/C17H16O6/c1-9(2)12(18)8-22-14-10-4-5-13(19)23-16(10)17(20-3)15-11(14)6-7-21-15/h4-7,9H,8H2,1-3H3. The summed E-state index contributed by atoms with van der Waals surface area (Å²) in [4.78, 5) is 23.4. The molecule has 1 aromatic carbocycles. The van der Waals surface area contributed by atoms with Crippen LogP contribution in [0.5, 0.6) is 11.5 Å². The quantitative estimate of drug-likeness (QED) is 0.673. The van der Waals surface area contributed by atoms with E-state index in [1.54, 1.807) is 12.1 Å². The molecular formula is C17H16O6. The van der Waals surface area contributed by atoms with Crippen LogP contribution in [0.15, 0.2) is 38.1 Å². The summed E-state index contributed by atoms with van der Waals surface area (Å²) in [6.45, 7) is 3.55. The van der Waals surface area contributed by atoms with E-state index >= 15 is 0 Å². The highest BCUT2D eigenvalue weighted by molar-refractivity contribution is 6.06. The number of fused-ring (bicyclic) bond motifs is 2. The minimum absolute atomic E-state index is 0.0250. The van der Waals surface area contributed by atoms with Gasteiger partial charge in [-0.2, -0.15) is 0 Å². The number of benzene rings is 1. The summed E-state index contributed by atoms with van der Waals surface area (Å²) in [5.41, 5.74) is 0.127. The van der Waals surface area contributed by atoms with Crippen molar-refractivity contribution in [2.45, 2.75) is 13.8 Å². The Bertz CT molecular complexity index is 931. The van der Waals surface area contributed by atoms with Crippen molar-refractivity contribution in [2.24, 2.45) is 5.92 Å². The van der Waals surface area contributed by atoms with Gasteiger partial charge >= 0.3 is 5.63 Å². The molecule has 0 bridgehead atoms. The molecule has 6 heteroatoms. The van der Waals surface area contributed by atoms with Gasteiger partial charge in [0.25, 0.3) is 0 Å². The molecule has 23 heavy (non-hydrogen) atoms. The fraction of sp³-hybridized carbons (Fsp3) is 0.294. The summed E-state index contributed by atoms with van der Waals surface area (Å²) in [6, 6.07) is 4.60. The summed E-state index contributed by atoms with van der Waals surface area (Å²) >= 11 is 0. The number of hydrogen-bond acceptors (Lipinski definition) is 6. The summed E-state index contributed by atoms with van der Waals surface area (Å²) in [5.74, 6) is 0.600. The molecule has 0 aliphatic rings. The molecule has 0 atom stereocenters. The molecular weight excluding hydrogens is 300 g/mol. The van der Waals surface area contributed by atoms with Gasteiger partial charge < -0.3 is 18.3 Å². The zero-order chi connectivity index (χ0) is 16.6. The number of Topliss-reactive ketones (excluding diaryl/α,β-unsaturated/α-hetero) is 1. The highest BCUT2D eigenvalue weighted by Crippen LogP contribution is 2.42. The number of furan rings is 1. The van der Waals surface area contributed by atoms with Gasteiger partial charge in [-0.25, -0.2) is 4.79 Å². The van der Waals surface area contributed by atoms with Crippen LogP contribution in [0.3, 0.4) is 0 Å². The van der Waals surface area contributed by atoms with Crippen LogP contribution in [0.25, 0.3) is 21.9 Å². The Hall–Kier alpha value is -2.76. The van der Waals surface area contributed by atoms with Crippen molar-refractivity contribution < 1.29 is 23.1 Å². The number of ketones is 1. The largest absolute Gasteiger partial charge is 0.490 e. The molecule has 0 aliphatic carbocycles. The van der Waals surface area contributed by atoms with Gasteiger partial charge in [0, 0.05) is 12.0 Å². The molecule has 0 aliphatic heterocycles. The molecule has 6 nitrogen and oxygen atoms in total. The van der Waals surface area contributed by atoms with Gasteiger partial charge in [0.15, 0.2) is 16.9 Å². The van der Waals surface area contributed by atoms with E-state index < -0.39 is 5.63 Å². The van der Waals surface area contributed by atoms with Gasteiger partial charge in [-0.3, -0.25) is 4.79 Å². The van der Waals surface area contributed by atoms with Crippen LogP contribution in [0.2, 0.25) is 0 Å². The van der Waals surface area contributed by atoms with E-state index in [1.807, 2.05) is 13.8 Å². The van der Waals surface area contributed by atoms with Crippen molar-refractivity contribution in [1.29, 1.82) is 0 Å². The smallest absolute Gasteiger partial charge is 0.336 e. The number of methoxy groups -OCH3 is 1. The second-order valence-electron chi connectivity index (χ2n) is 5.43. The highest BCUT2D eigenvalue weighted by Gasteiger charge is 2.21. The van der Waals surface area contributed by atoms with E-state index in [2.05, 4.69) is 0 Å². The molecule has 0 unspecified atom stereocenters. The van der Waals surface area contributed by atoms with E-state index in [9.17, 15) is 9.59 Å². The first-order valence-electron chi connectivity index (χ1n) is 7.19. The number of ether oxygens (including phenoxy) is 2. The molecule has 0 radical (unpaired) electrons. The van der Waals surface area contributed by atoms with E-state index in [1.165, 1.54) is 19.4 Å². The predicted molar refractivity (Wildman–Crippen MR) is 84.1 cm³/mol. The Morgan fingerprint density at radius 3 is 2.57 bits per heavy atom. The fourth-order valence-corrected chi connectivity index (χ4v) is 2.33. The Morgan fingerprint density at radius 1 is 1.13 bits per heavy atom. The van der Waals surface area contributed by atoms with Crippen LogP contribution >= 0.6 is 0 Å². The lowest BCUT2D eigenvalue weighted by Crippen LogP contribution is -2.17. The number of carbonyl (C=O) groups is 1. The summed E-state index contributed by atoms with van der Waals surface area (Å²) in [6.07, 6.45) is 1.49. The van der Waals surface area contributed by atoms with Crippen molar-refractivity contribution in [3.63, 3.8) is 0 Å². The SMILES string of the molecule is COc1c2occc2c(OCC(=O)C(C)C)c2ccc(=O)oc12. The molecule has 0 saturated carbocycles. The lowest BCUT2D eigenvalue weighted by molar-refractivity contribution is -0.123. The van der Waals surface area contributed by atoms with E-state index in [0.29, 0.717) is 27.9 Å². The first kappa shape index (κ1) is 15.1. The zero-order valence-electron chi connectivity index (χ0n) is 13.0. The van der Waals surface area contributed by atoms with Gasteiger partial charge in [-0.05, 0) is 12.1 Å². The number of carbonyl (C=O) groups excluding carboxylic acids is 1. The second-order valence-corrected chi connectivity index (χ2v) is 5.43. The van der Waals surface area contributed by atoms with E-state index in [4.69, 9.17) is 18.3 Å². The van der Waals surface area contributed by atoms with Crippen LogP contribution in [-0.2, 0) is 4.79 Å². The third kappa shape index (κ3) is 2.56. The van der Waals surface area contributed by atoms with Crippen molar-refractivity contribution in [2.75, 3.05) is 13.7 Å². The molecule has 3 aromatic rings. The van der Waals surface area contributed by atoms with E-state index in [-0.39, 0.29) is 23.9 Å². The van der Waals surface area contributed by atoms with Gasteiger partial charge in [0.2, 0.25) is 5.75 Å². The fourth-order valence-electron chi connectivity index (χ4n) is 2.33. The first-order valence-corrected chi connectivity index (χ1v) is 7.19. The van der Waals surface area contributed by atoms with Crippen molar-refractivity contribution >= 4 is 27.7 Å². The summed E-state index contributed by atoms with van der Waals surface area (Å²) < 4.78 is 21.7. The van der Waals surface area contributed by atoms with E-state index in [0.717, 1.165) is 0 Å². The highest BCUT2D eigenvalue weighted by atomic mass is 16.5. The zero-order valence-corrected chi connectivity index (χ0v) is 13.0.